The van der Waals surface area contributed by atoms with Gasteiger partial charge in [-0.3, -0.25) is 4.79 Å². The highest BCUT2D eigenvalue weighted by molar-refractivity contribution is 7.99. The summed E-state index contributed by atoms with van der Waals surface area (Å²) in [7, 11) is 0. The van der Waals surface area contributed by atoms with E-state index in [-0.39, 0.29) is 5.91 Å². The molecule has 2 aromatic heterocycles. The van der Waals surface area contributed by atoms with Crippen molar-refractivity contribution in [1.29, 1.82) is 0 Å². The number of piperidine rings is 1. The molecule has 0 unspecified atom stereocenters. The average Bonchev–Trinajstić information content (AvgIpc) is 3.37. The van der Waals surface area contributed by atoms with Crippen molar-refractivity contribution in [2.75, 3.05) is 18.8 Å². The first-order valence-corrected chi connectivity index (χ1v) is 12.2. The first-order valence-electron chi connectivity index (χ1n) is 10.4. The summed E-state index contributed by atoms with van der Waals surface area (Å²) in [5.74, 6) is 2.78. The van der Waals surface area contributed by atoms with Crippen molar-refractivity contribution in [2.24, 2.45) is 0 Å². The largest absolute Gasteiger partial charge is 0.342 e. The molecule has 1 aliphatic heterocycles. The number of likely N-dealkylation sites (tertiary alicyclic amines) is 1. The van der Waals surface area contributed by atoms with Crippen LogP contribution in [0.3, 0.4) is 0 Å². The number of amides is 1. The molecule has 1 aliphatic carbocycles. The predicted octanol–water partition coefficient (Wildman–Crippen LogP) is 4.28. The molecule has 6 nitrogen and oxygen atoms in total. The number of benzene rings is 1. The number of para-hydroxylation sites is 1. The van der Waals surface area contributed by atoms with Crippen LogP contribution in [0.2, 0.25) is 0 Å². The Morgan fingerprint density at radius 2 is 1.93 bits per heavy atom. The maximum atomic E-state index is 12.7. The van der Waals surface area contributed by atoms with E-state index in [1.165, 1.54) is 34.3 Å². The SMILES string of the molecule is CCn1c(SCC(=O)N2CCC(c3nc4ccccc4s3)CC2)nnc1C1CC1. The molecule has 0 N–H and O–H groups in total. The van der Waals surface area contributed by atoms with E-state index in [1.54, 1.807) is 11.3 Å². The number of rotatable bonds is 6. The highest BCUT2D eigenvalue weighted by Gasteiger charge is 2.30. The molecule has 1 amide bonds. The Morgan fingerprint density at radius 1 is 1.14 bits per heavy atom. The number of nitrogens with zero attached hydrogens (tertiary/aromatic N) is 5. The highest BCUT2D eigenvalue weighted by atomic mass is 32.2. The van der Waals surface area contributed by atoms with Gasteiger partial charge >= 0.3 is 0 Å². The van der Waals surface area contributed by atoms with Crippen molar-refractivity contribution in [3.63, 3.8) is 0 Å². The Hall–Kier alpha value is -1.93. The van der Waals surface area contributed by atoms with Gasteiger partial charge in [0, 0.05) is 31.5 Å². The van der Waals surface area contributed by atoms with Gasteiger partial charge in [-0.15, -0.1) is 21.5 Å². The Kier molecular flexibility index (Phi) is 5.30. The van der Waals surface area contributed by atoms with E-state index in [0.717, 1.165) is 49.0 Å². The lowest BCUT2D eigenvalue weighted by Crippen LogP contribution is -2.39. The number of hydrogen-bond donors (Lipinski definition) is 0. The Balaban J connectivity index is 1.16. The third-order valence-corrected chi connectivity index (χ3v) is 7.99. The monoisotopic (exact) mass is 427 g/mol. The van der Waals surface area contributed by atoms with Crippen LogP contribution in [0.15, 0.2) is 29.4 Å². The van der Waals surface area contributed by atoms with E-state index in [1.807, 2.05) is 11.0 Å². The molecule has 5 rings (SSSR count). The summed E-state index contributed by atoms with van der Waals surface area (Å²) in [5, 5.41) is 10.8. The minimum atomic E-state index is 0.205. The average molecular weight is 428 g/mol. The number of hydrogen-bond acceptors (Lipinski definition) is 6. The predicted molar refractivity (Wildman–Crippen MR) is 117 cm³/mol. The van der Waals surface area contributed by atoms with E-state index >= 15 is 0 Å². The third kappa shape index (κ3) is 3.92. The van der Waals surface area contributed by atoms with E-state index < -0.39 is 0 Å². The summed E-state index contributed by atoms with van der Waals surface area (Å²) in [6, 6.07) is 8.32. The van der Waals surface area contributed by atoms with Crippen LogP contribution in [0.1, 0.15) is 55.3 Å². The van der Waals surface area contributed by atoms with Crippen LogP contribution in [0, 0.1) is 0 Å². The van der Waals surface area contributed by atoms with E-state index in [0.29, 0.717) is 17.6 Å². The molecule has 1 saturated heterocycles. The van der Waals surface area contributed by atoms with Gasteiger partial charge < -0.3 is 9.47 Å². The van der Waals surface area contributed by atoms with Gasteiger partial charge in [-0.2, -0.15) is 0 Å². The summed E-state index contributed by atoms with van der Waals surface area (Å²) < 4.78 is 3.43. The molecular formula is C21H25N5OS2. The van der Waals surface area contributed by atoms with E-state index in [2.05, 4.69) is 39.9 Å². The van der Waals surface area contributed by atoms with Gasteiger partial charge in [-0.25, -0.2) is 4.98 Å². The van der Waals surface area contributed by atoms with Crippen molar-refractivity contribution in [3.05, 3.63) is 35.1 Å². The maximum Gasteiger partial charge on any atom is 0.233 e. The lowest BCUT2D eigenvalue weighted by atomic mass is 9.97. The maximum absolute atomic E-state index is 12.7. The molecule has 0 bridgehead atoms. The summed E-state index contributed by atoms with van der Waals surface area (Å²) in [4.78, 5) is 19.6. The van der Waals surface area contributed by atoms with Crippen LogP contribution < -0.4 is 0 Å². The third-order valence-electron chi connectivity index (χ3n) is 5.84. The lowest BCUT2D eigenvalue weighted by molar-refractivity contribution is -0.129. The molecule has 1 saturated carbocycles. The van der Waals surface area contributed by atoms with E-state index in [9.17, 15) is 4.79 Å². The molecule has 0 spiro atoms. The molecule has 8 heteroatoms. The number of carbonyl (C=O) groups excluding carboxylic acids is 1. The van der Waals surface area contributed by atoms with Gasteiger partial charge in [0.15, 0.2) is 5.16 Å². The lowest BCUT2D eigenvalue weighted by Gasteiger charge is -2.31. The van der Waals surface area contributed by atoms with Crippen LogP contribution in [-0.4, -0.2) is 49.4 Å². The summed E-state index contributed by atoms with van der Waals surface area (Å²) >= 11 is 3.33. The minimum absolute atomic E-state index is 0.205. The van der Waals surface area contributed by atoms with Gasteiger partial charge in [0.25, 0.3) is 0 Å². The molecule has 29 heavy (non-hydrogen) atoms. The summed E-state index contributed by atoms with van der Waals surface area (Å²) in [6.07, 6.45) is 4.41. The zero-order valence-electron chi connectivity index (χ0n) is 16.6. The topological polar surface area (TPSA) is 63.9 Å². The van der Waals surface area contributed by atoms with Crippen molar-refractivity contribution in [1.82, 2.24) is 24.6 Å². The molecular weight excluding hydrogens is 402 g/mol. The van der Waals surface area contributed by atoms with Crippen molar-refractivity contribution in [2.45, 2.75) is 56.1 Å². The van der Waals surface area contributed by atoms with Crippen molar-refractivity contribution >= 4 is 39.2 Å². The van der Waals surface area contributed by atoms with Gasteiger partial charge in [0.1, 0.15) is 5.82 Å². The number of thiazole rings is 1. The van der Waals surface area contributed by atoms with Crippen LogP contribution in [0.4, 0.5) is 0 Å². The molecule has 1 aromatic carbocycles. The minimum Gasteiger partial charge on any atom is -0.342 e. The quantitative estimate of drug-likeness (QED) is 0.549. The highest BCUT2D eigenvalue weighted by Crippen LogP contribution is 2.40. The number of thioether (sulfide) groups is 1. The second-order valence-electron chi connectivity index (χ2n) is 7.82. The Morgan fingerprint density at radius 3 is 2.66 bits per heavy atom. The standard InChI is InChI=1S/C21H25N5OS2/c1-2-26-19(14-7-8-14)23-24-21(26)28-13-18(27)25-11-9-15(10-12-25)20-22-16-5-3-4-6-17(16)29-20/h3-6,14-15H,2,7-13H2,1H3. The number of fused-ring (bicyclic) bond motifs is 1. The van der Waals surface area contributed by atoms with Crippen LogP contribution in [0.5, 0.6) is 0 Å². The number of aromatic nitrogens is 4. The molecule has 3 heterocycles. The van der Waals surface area contributed by atoms with Gasteiger partial charge in [0.2, 0.25) is 5.91 Å². The van der Waals surface area contributed by atoms with Crippen molar-refractivity contribution in [3.8, 4) is 0 Å². The fraction of sp³-hybridized carbons (Fsp3) is 0.524. The van der Waals surface area contributed by atoms with Crippen LogP contribution >= 0.6 is 23.1 Å². The molecule has 3 aromatic rings. The Bertz CT molecular complexity index is 984. The fourth-order valence-electron chi connectivity index (χ4n) is 4.01. The van der Waals surface area contributed by atoms with Gasteiger partial charge in [-0.1, -0.05) is 23.9 Å². The first kappa shape index (κ1) is 19.1. The normalized spacial score (nSPS) is 17.9. The van der Waals surface area contributed by atoms with Crippen LogP contribution in [-0.2, 0) is 11.3 Å². The molecule has 152 valence electrons. The first-order chi connectivity index (χ1) is 14.2. The zero-order valence-corrected chi connectivity index (χ0v) is 18.2. The number of carbonyl (C=O) groups is 1. The molecule has 2 aliphatic rings. The fourth-order valence-corrected chi connectivity index (χ4v) is 6.05. The second-order valence-corrected chi connectivity index (χ2v) is 9.83. The molecule has 0 atom stereocenters. The van der Waals surface area contributed by atoms with E-state index in [4.69, 9.17) is 4.98 Å². The summed E-state index contributed by atoms with van der Waals surface area (Å²) in [6.45, 7) is 4.61. The smallest absolute Gasteiger partial charge is 0.233 e. The Labute approximate surface area is 178 Å². The second kappa shape index (κ2) is 8.07. The zero-order chi connectivity index (χ0) is 19.8. The van der Waals surface area contributed by atoms with Crippen LogP contribution in [0.25, 0.3) is 10.2 Å². The molecule has 2 fully saturated rings. The van der Waals surface area contributed by atoms with Gasteiger partial charge in [-0.05, 0) is 44.7 Å². The summed E-state index contributed by atoms with van der Waals surface area (Å²) in [5.41, 5.74) is 1.09. The van der Waals surface area contributed by atoms with Crippen molar-refractivity contribution < 1.29 is 4.79 Å². The van der Waals surface area contributed by atoms with Gasteiger partial charge in [0.05, 0.1) is 21.0 Å². The molecule has 0 radical (unpaired) electrons.